The number of thioether (sulfide) groups is 1. The lowest BCUT2D eigenvalue weighted by Gasteiger charge is -2.09. The molecule has 2 rings (SSSR count). The first-order valence-corrected chi connectivity index (χ1v) is 9.45. The van der Waals surface area contributed by atoms with Crippen molar-refractivity contribution in [1.82, 2.24) is 25.1 Å². The molecule has 0 aliphatic carbocycles. The SMILES string of the molecule is CCn1c(SCC(=O)NCCCOC(C)C)nnc1-c1ccncc1. The number of hydrogen-bond acceptors (Lipinski definition) is 6. The number of carbonyl (C=O) groups excluding carboxylic acids is 1. The van der Waals surface area contributed by atoms with Crippen LogP contribution in [0.5, 0.6) is 0 Å². The highest BCUT2D eigenvalue weighted by Crippen LogP contribution is 2.23. The van der Waals surface area contributed by atoms with Gasteiger partial charge in [-0.15, -0.1) is 10.2 Å². The Morgan fingerprint density at radius 2 is 2.08 bits per heavy atom. The van der Waals surface area contributed by atoms with Gasteiger partial charge in [0.15, 0.2) is 11.0 Å². The molecule has 1 N–H and O–H groups in total. The zero-order chi connectivity index (χ0) is 18.1. The second-order valence-corrected chi connectivity index (χ2v) is 6.64. The van der Waals surface area contributed by atoms with Gasteiger partial charge in [-0.1, -0.05) is 11.8 Å². The van der Waals surface area contributed by atoms with Crippen LogP contribution >= 0.6 is 11.8 Å². The summed E-state index contributed by atoms with van der Waals surface area (Å²) in [7, 11) is 0. The van der Waals surface area contributed by atoms with Crippen LogP contribution in [0.25, 0.3) is 11.4 Å². The molecule has 0 saturated carbocycles. The summed E-state index contributed by atoms with van der Waals surface area (Å²) in [6.07, 6.45) is 4.49. The van der Waals surface area contributed by atoms with E-state index in [2.05, 4.69) is 20.5 Å². The van der Waals surface area contributed by atoms with Crippen LogP contribution in [0.3, 0.4) is 0 Å². The molecule has 25 heavy (non-hydrogen) atoms. The minimum absolute atomic E-state index is 0.00865. The monoisotopic (exact) mass is 363 g/mol. The number of pyridine rings is 1. The van der Waals surface area contributed by atoms with Gasteiger partial charge < -0.3 is 14.6 Å². The van der Waals surface area contributed by atoms with Crippen LogP contribution in [0.4, 0.5) is 0 Å². The first-order chi connectivity index (χ1) is 12.1. The van der Waals surface area contributed by atoms with Gasteiger partial charge in [0, 0.05) is 37.7 Å². The molecule has 0 aromatic carbocycles. The second-order valence-electron chi connectivity index (χ2n) is 5.70. The molecule has 136 valence electrons. The van der Waals surface area contributed by atoms with E-state index >= 15 is 0 Å². The molecular weight excluding hydrogens is 338 g/mol. The zero-order valence-corrected chi connectivity index (χ0v) is 15.8. The van der Waals surface area contributed by atoms with Crippen molar-refractivity contribution < 1.29 is 9.53 Å². The fourth-order valence-corrected chi connectivity index (χ4v) is 3.03. The quantitative estimate of drug-likeness (QED) is 0.515. The molecule has 0 radical (unpaired) electrons. The third-order valence-corrected chi connectivity index (χ3v) is 4.37. The van der Waals surface area contributed by atoms with Gasteiger partial charge in [0.05, 0.1) is 11.9 Å². The van der Waals surface area contributed by atoms with E-state index in [-0.39, 0.29) is 12.0 Å². The van der Waals surface area contributed by atoms with E-state index in [1.54, 1.807) is 12.4 Å². The summed E-state index contributed by atoms with van der Waals surface area (Å²) in [5.74, 6) is 1.10. The third-order valence-electron chi connectivity index (χ3n) is 3.40. The molecule has 0 fully saturated rings. The number of hydrogen-bond donors (Lipinski definition) is 1. The average molecular weight is 363 g/mol. The van der Waals surface area contributed by atoms with Crippen molar-refractivity contribution in [2.45, 2.75) is 45.0 Å². The van der Waals surface area contributed by atoms with Crippen molar-refractivity contribution >= 4 is 17.7 Å². The van der Waals surface area contributed by atoms with E-state index in [1.165, 1.54) is 11.8 Å². The Morgan fingerprint density at radius 1 is 1.32 bits per heavy atom. The first-order valence-electron chi connectivity index (χ1n) is 8.46. The Hall–Kier alpha value is -1.93. The van der Waals surface area contributed by atoms with Crippen molar-refractivity contribution in [3.63, 3.8) is 0 Å². The molecule has 2 aromatic rings. The summed E-state index contributed by atoms with van der Waals surface area (Å²) >= 11 is 1.39. The molecule has 0 spiro atoms. The number of rotatable bonds is 10. The maximum Gasteiger partial charge on any atom is 0.230 e. The third kappa shape index (κ3) is 6.13. The average Bonchev–Trinajstić information content (AvgIpc) is 3.03. The lowest BCUT2D eigenvalue weighted by Crippen LogP contribution is -2.27. The van der Waals surface area contributed by atoms with Crippen LogP contribution in [0.2, 0.25) is 0 Å². The van der Waals surface area contributed by atoms with Crippen LogP contribution in [0.1, 0.15) is 27.2 Å². The number of amides is 1. The van der Waals surface area contributed by atoms with Crippen LogP contribution in [0.15, 0.2) is 29.7 Å². The van der Waals surface area contributed by atoms with Gasteiger partial charge >= 0.3 is 0 Å². The Morgan fingerprint density at radius 3 is 2.76 bits per heavy atom. The number of nitrogens with one attached hydrogen (secondary N) is 1. The van der Waals surface area contributed by atoms with E-state index in [0.717, 1.165) is 29.5 Å². The van der Waals surface area contributed by atoms with Crippen LogP contribution < -0.4 is 5.32 Å². The molecule has 0 aliphatic rings. The molecule has 0 aliphatic heterocycles. The van der Waals surface area contributed by atoms with Crippen molar-refractivity contribution in [3.8, 4) is 11.4 Å². The minimum Gasteiger partial charge on any atom is -0.379 e. The largest absolute Gasteiger partial charge is 0.379 e. The molecule has 0 unspecified atom stereocenters. The fourth-order valence-electron chi connectivity index (χ4n) is 2.20. The van der Waals surface area contributed by atoms with Crippen molar-refractivity contribution in [2.75, 3.05) is 18.9 Å². The van der Waals surface area contributed by atoms with Gasteiger partial charge in [0.1, 0.15) is 0 Å². The molecule has 7 nitrogen and oxygen atoms in total. The molecule has 0 bridgehead atoms. The summed E-state index contributed by atoms with van der Waals surface area (Å²) in [5, 5.41) is 12.1. The van der Waals surface area contributed by atoms with Crippen LogP contribution in [-0.4, -0.2) is 50.7 Å². The highest BCUT2D eigenvalue weighted by Gasteiger charge is 2.14. The van der Waals surface area contributed by atoms with E-state index < -0.39 is 0 Å². The maximum absolute atomic E-state index is 12.0. The fraction of sp³-hybridized carbons (Fsp3) is 0.529. The van der Waals surface area contributed by atoms with E-state index in [4.69, 9.17) is 4.74 Å². The standard InChI is InChI=1S/C17H25N5O2S/c1-4-22-16(14-6-9-18-10-7-14)20-21-17(22)25-12-15(23)19-8-5-11-24-13(2)3/h6-7,9-10,13H,4-5,8,11-12H2,1-3H3,(H,19,23). The predicted molar refractivity (Wildman–Crippen MR) is 98.4 cm³/mol. The molecule has 2 aromatic heterocycles. The Bertz CT molecular complexity index is 660. The highest BCUT2D eigenvalue weighted by molar-refractivity contribution is 7.99. The van der Waals surface area contributed by atoms with Gasteiger partial charge in [0.2, 0.25) is 5.91 Å². The lowest BCUT2D eigenvalue weighted by atomic mass is 10.2. The normalized spacial score (nSPS) is 11.0. The van der Waals surface area contributed by atoms with E-state index in [1.807, 2.05) is 37.5 Å². The Balaban J connectivity index is 1.83. The van der Waals surface area contributed by atoms with Crippen molar-refractivity contribution in [1.29, 1.82) is 0 Å². The number of aromatic nitrogens is 4. The maximum atomic E-state index is 12.0. The smallest absolute Gasteiger partial charge is 0.230 e. The molecule has 0 saturated heterocycles. The highest BCUT2D eigenvalue weighted by atomic mass is 32.2. The zero-order valence-electron chi connectivity index (χ0n) is 14.9. The Kier molecular flexibility index (Phi) is 7.87. The molecule has 1 amide bonds. The molecule has 8 heteroatoms. The summed E-state index contributed by atoms with van der Waals surface area (Å²) in [4.78, 5) is 16.0. The van der Waals surface area contributed by atoms with E-state index in [9.17, 15) is 4.79 Å². The number of ether oxygens (including phenoxy) is 1. The van der Waals surface area contributed by atoms with Gasteiger partial charge in [-0.3, -0.25) is 9.78 Å². The topological polar surface area (TPSA) is 81.9 Å². The van der Waals surface area contributed by atoms with Crippen LogP contribution in [0, 0.1) is 0 Å². The first kappa shape index (κ1) is 19.4. The van der Waals surface area contributed by atoms with Gasteiger partial charge in [-0.2, -0.15) is 0 Å². The van der Waals surface area contributed by atoms with E-state index in [0.29, 0.717) is 18.9 Å². The summed E-state index contributed by atoms with van der Waals surface area (Å²) in [6, 6.07) is 3.80. The molecule has 0 atom stereocenters. The molecular formula is C17H25N5O2S. The van der Waals surface area contributed by atoms with Gasteiger partial charge in [0.25, 0.3) is 0 Å². The second kappa shape index (κ2) is 10.1. The Labute approximate surface area is 152 Å². The van der Waals surface area contributed by atoms with Gasteiger partial charge in [-0.25, -0.2) is 0 Å². The molecule has 2 heterocycles. The summed E-state index contributed by atoms with van der Waals surface area (Å²) < 4.78 is 7.45. The van der Waals surface area contributed by atoms with Crippen molar-refractivity contribution in [2.24, 2.45) is 0 Å². The van der Waals surface area contributed by atoms with Crippen LogP contribution in [-0.2, 0) is 16.1 Å². The van der Waals surface area contributed by atoms with Gasteiger partial charge in [-0.05, 0) is 39.3 Å². The van der Waals surface area contributed by atoms with Crippen molar-refractivity contribution in [3.05, 3.63) is 24.5 Å². The number of carbonyl (C=O) groups is 1. The summed E-state index contributed by atoms with van der Waals surface area (Å²) in [6.45, 7) is 8.05. The minimum atomic E-state index is -0.00865. The number of nitrogens with zero attached hydrogens (tertiary/aromatic N) is 4. The predicted octanol–water partition coefficient (Wildman–Crippen LogP) is 2.38. The summed E-state index contributed by atoms with van der Waals surface area (Å²) in [5.41, 5.74) is 0.964. The lowest BCUT2D eigenvalue weighted by molar-refractivity contribution is -0.118.